The minimum atomic E-state index is -1.36. The second-order valence-corrected chi connectivity index (χ2v) is 14.8. The maximum atomic E-state index is 14.6. The molecule has 45 heavy (non-hydrogen) atoms. The fraction of sp³-hybridized carbons (Fsp3) is 0.459. The molecule has 0 saturated heterocycles. The van der Waals surface area contributed by atoms with Gasteiger partial charge in [-0.3, -0.25) is 14.4 Å². The number of rotatable bonds is 7. The van der Waals surface area contributed by atoms with Crippen molar-refractivity contribution in [3.63, 3.8) is 0 Å². The lowest BCUT2D eigenvalue weighted by Gasteiger charge is -2.59. The van der Waals surface area contributed by atoms with Crippen LogP contribution in [0.1, 0.15) is 51.5 Å². The van der Waals surface area contributed by atoms with Gasteiger partial charge in [-0.2, -0.15) is 0 Å². The number of para-hydroxylation sites is 2. The molecule has 4 aliphatic carbocycles. The molecule has 0 bridgehead atoms. The number of carbonyl (C=O) groups excluding carboxylic acids is 3. The maximum Gasteiger partial charge on any atom is 0.311 e. The first-order valence-electron chi connectivity index (χ1n) is 16.0. The Bertz CT molecular complexity index is 1750. The van der Waals surface area contributed by atoms with Gasteiger partial charge in [0, 0.05) is 23.8 Å². The monoisotopic (exact) mass is 624 g/mol. The summed E-state index contributed by atoms with van der Waals surface area (Å²) in [5.74, 6) is -0.279. The third kappa shape index (κ3) is 4.75. The van der Waals surface area contributed by atoms with Gasteiger partial charge in [-0.15, -0.1) is 0 Å². The van der Waals surface area contributed by atoms with Crippen LogP contribution in [0.3, 0.4) is 0 Å². The highest BCUT2D eigenvalue weighted by Crippen LogP contribution is 2.68. The topological polar surface area (TPSA) is 98.5 Å². The van der Waals surface area contributed by atoms with Crippen molar-refractivity contribution in [3.8, 4) is 0 Å². The van der Waals surface area contributed by atoms with Crippen LogP contribution in [0.25, 0.3) is 11.0 Å². The Balaban J connectivity index is 1.22. The number of Topliss-reactive ketones (excluding diaryl/α,β-unsaturated/α-hetero) is 1. The number of fused-ring (bicyclic) bond motifs is 6. The summed E-state index contributed by atoms with van der Waals surface area (Å²) in [5, 5.41) is 12.7. The van der Waals surface area contributed by atoms with E-state index in [-0.39, 0.29) is 41.5 Å². The zero-order chi connectivity index (χ0) is 31.6. The molecule has 0 amide bonds. The van der Waals surface area contributed by atoms with Crippen molar-refractivity contribution in [1.29, 1.82) is 0 Å². The fourth-order valence-electron chi connectivity index (χ4n) is 9.49. The summed E-state index contributed by atoms with van der Waals surface area (Å²) in [7, 11) is 1.95. The lowest BCUT2D eigenvalue weighted by atomic mass is 9.46. The number of allylic oxidation sites excluding steroid dienone is 4. The standard InChI is InChI=1S/C37H40N2O5S/c1-35-17-15-25(40)20-24(35)13-14-26-27-16-18-37(36(27,2)21-30(41)33(26)35,44-32(43)19-23-9-5-4-6-10-23)31(42)22-45-34-38-28-11-7-8-12-29(28)39(34)3/h4-12,15,17,20,26-27,30,33,41H,13-14,16,18-19,21-22H2,1-3H3/t26?,27?,30-,33?,35?,36?,37-/m0/s1. The zero-order valence-corrected chi connectivity index (χ0v) is 26.9. The van der Waals surface area contributed by atoms with Crippen LogP contribution in [0.15, 0.2) is 83.6 Å². The molecule has 7 atom stereocenters. The highest BCUT2D eigenvalue weighted by atomic mass is 32.2. The highest BCUT2D eigenvalue weighted by Gasteiger charge is 2.70. The van der Waals surface area contributed by atoms with Crippen molar-refractivity contribution < 1.29 is 24.2 Å². The molecule has 5 unspecified atom stereocenters. The summed E-state index contributed by atoms with van der Waals surface area (Å²) in [4.78, 5) is 45.3. The van der Waals surface area contributed by atoms with Crippen LogP contribution in [0.2, 0.25) is 0 Å². The third-order valence-corrected chi connectivity index (χ3v) is 12.7. The Morgan fingerprint density at radius 1 is 1.09 bits per heavy atom. The number of hydrogen-bond donors (Lipinski definition) is 1. The van der Waals surface area contributed by atoms with Gasteiger partial charge >= 0.3 is 5.97 Å². The molecule has 2 aromatic carbocycles. The molecule has 1 N–H and O–H groups in total. The molecular formula is C37H40N2O5S. The Hall–Kier alpha value is -3.49. The molecule has 1 heterocycles. The molecule has 3 aromatic rings. The first kappa shape index (κ1) is 30.2. The number of carbonyl (C=O) groups is 3. The second-order valence-electron chi connectivity index (χ2n) is 13.9. The molecule has 0 radical (unpaired) electrons. The first-order chi connectivity index (χ1) is 21.6. The van der Waals surface area contributed by atoms with E-state index in [2.05, 4.69) is 13.8 Å². The molecule has 3 fully saturated rings. The Labute approximate surface area is 268 Å². The van der Waals surface area contributed by atoms with Crippen molar-refractivity contribution in [2.75, 3.05) is 5.75 Å². The van der Waals surface area contributed by atoms with E-state index < -0.39 is 28.5 Å². The van der Waals surface area contributed by atoms with Gasteiger partial charge in [0.15, 0.2) is 22.3 Å². The molecule has 234 valence electrons. The van der Waals surface area contributed by atoms with Crippen molar-refractivity contribution >= 4 is 40.3 Å². The van der Waals surface area contributed by atoms with Crippen LogP contribution in [-0.2, 0) is 32.6 Å². The average molecular weight is 625 g/mol. The summed E-state index contributed by atoms with van der Waals surface area (Å²) in [6.45, 7) is 4.22. The number of aliphatic hydroxyl groups is 1. The first-order valence-corrected chi connectivity index (χ1v) is 17.0. The normalized spacial score (nSPS) is 33.7. The number of aromatic nitrogens is 2. The Morgan fingerprint density at radius 2 is 1.84 bits per heavy atom. The number of aryl methyl sites for hydroxylation is 1. The van der Waals surface area contributed by atoms with Gasteiger partial charge in [-0.1, -0.05) is 79.7 Å². The summed E-state index contributed by atoms with van der Waals surface area (Å²) in [5.41, 5.74) is 1.27. The number of ether oxygens (including phenoxy) is 1. The van der Waals surface area contributed by atoms with Crippen molar-refractivity contribution in [2.45, 2.75) is 69.2 Å². The number of thioether (sulfide) groups is 1. The van der Waals surface area contributed by atoms with Crippen LogP contribution in [0.5, 0.6) is 0 Å². The molecule has 1 aromatic heterocycles. The molecule has 7 nitrogen and oxygen atoms in total. The average Bonchev–Trinajstić information content (AvgIpc) is 3.49. The van der Waals surface area contributed by atoms with E-state index in [4.69, 9.17) is 9.72 Å². The van der Waals surface area contributed by atoms with Crippen LogP contribution in [0, 0.1) is 28.6 Å². The molecule has 8 heteroatoms. The van der Waals surface area contributed by atoms with Crippen molar-refractivity contribution in [1.82, 2.24) is 9.55 Å². The molecule has 3 saturated carbocycles. The predicted molar refractivity (Wildman–Crippen MR) is 173 cm³/mol. The van der Waals surface area contributed by atoms with Gasteiger partial charge in [-0.05, 0) is 73.8 Å². The van der Waals surface area contributed by atoms with E-state index in [0.717, 1.165) is 46.6 Å². The number of aliphatic hydroxyl groups excluding tert-OH is 1. The van der Waals surface area contributed by atoms with Crippen LogP contribution in [-0.4, -0.2) is 49.7 Å². The lowest BCUT2D eigenvalue weighted by Crippen LogP contribution is -2.63. The minimum Gasteiger partial charge on any atom is -0.450 e. The van der Waals surface area contributed by atoms with E-state index in [1.807, 2.05) is 72.3 Å². The van der Waals surface area contributed by atoms with Gasteiger partial charge in [-0.25, -0.2) is 4.98 Å². The smallest absolute Gasteiger partial charge is 0.311 e. The van der Waals surface area contributed by atoms with Crippen LogP contribution in [0.4, 0.5) is 0 Å². The van der Waals surface area contributed by atoms with E-state index in [1.54, 1.807) is 12.2 Å². The molecule has 7 rings (SSSR count). The summed E-state index contributed by atoms with van der Waals surface area (Å²) in [6.07, 6.45) is 7.89. The third-order valence-electron chi connectivity index (χ3n) is 11.6. The summed E-state index contributed by atoms with van der Waals surface area (Å²) < 4.78 is 8.47. The zero-order valence-electron chi connectivity index (χ0n) is 26.1. The summed E-state index contributed by atoms with van der Waals surface area (Å²) >= 11 is 1.37. The van der Waals surface area contributed by atoms with E-state index in [0.29, 0.717) is 12.8 Å². The quantitative estimate of drug-likeness (QED) is 0.253. The number of benzene rings is 2. The number of esters is 1. The van der Waals surface area contributed by atoms with Crippen molar-refractivity contribution in [3.05, 3.63) is 84.0 Å². The number of imidazole rings is 1. The minimum absolute atomic E-state index is 0.00461. The maximum absolute atomic E-state index is 14.6. The molecular weight excluding hydrogens is 584 g/mol. The van der Waals surface area contributed by atoms with E-state index >= 15 is 0 Å². The van der Waals surface area contributed by atoms with Gasteiger partial charge in [0.25, 0.3) is 0 Å². The second kappa shape index (κ2) is 11.1. The predicted octanol–water partition coefficient (Wildman–Crippen LogP) is 6.04. The SMILES string of the molecule is Cn1c(SCC(=O)[C@@]2(OC(=O)Cc3ccccc3)CCC3C4CCC5=CC(=O)C=CC5(C)C4[C@@H](O)CC32C)nc2ccccc21. The molecule has 0 spiro atoms. The van der Waals surface area contributed by atoms with Gasteiger partial charge in [0.2, 0.25) is 0 Å². The highest BCUT2D eigenvalue weighted by molar-refractivity contribution is 7.99. The van der Waals surface area contributed by atoms with Gasteiger partial charge < -0.3 is 14.4 Å². The van der Waals surface area contributed by atoms with Gasteiger partial charge in [0.1, 0.15) is 0 Å². The molecule has 0 aliphatic heterocycles. The fourth-order valence-corrected chi connectivity index (χ4v) is 10.4. The Kier molecular flexibility index (Phi) is 7.44. The number of hydrogen-bond acceptors (Lipinski definition) is 7. The van der Waals surface area contributed by atoms with Crippen LogP contribution < -0.4 is 0 Å². The number of nitrogens with zero attached hydrogens (tertiary/aromatic N) is 2. The number of ketones is 2. The lowest BCUT2D eigenvalue weighted by molar-refractivity contribution is -0.197. The van der Waals surface area contributed by atoms with E-state index in [9.17, 15) is 19.5 Å². The summed E-state index contributed by atoms with van der Waals surface area (Å²) in [6, 6.07) is 17.3. The molecule has 4 aliphatic rings. The van der Waals surface area contributed by atoms with E-state index in [1.165, 1.54) is 11.8 Å². The van der Waals surface area contributed by atoms with Crippen molar-refractivity contribution in [2.24, 2.45) is 35.6 Å². The van der Waals surface area contributed by atoms with Crippen LogP contribution >= 0.6 is 11.8 Å². The van der Waals surface area contributed by atoms with Gasteiger partial charge in [0.05, 0.1) is 29.3 Å². The Morgan fingerprint density at radius 3 is 2.62 bits per heavy atom. The largest absolute Gasteiger partial charge is 0.450 e.